The molecule has 0 saturated carbocycles. The summed E-state index contributed by atoms with van der Waals surface area (Å²) in [4.78, 5) is 19.7. The first-order valence-corrected chi connectivity index (χ1v) is 7.97. The van der Waals surface area contributed by atoms with Crippen molar-refractivity contribution in [3.8, 4) is 0 Å². The van der Waals surface area contributed by atoms with Gasteiger partial charge in [0.15, 0.2) is 5.15 Å². The van der Waals surface area contributed by atoms with Crippen LogP contribution in [0.5, 0.6) is 0 Å². The van der Waals surface area contributed by atoms with E-state index >= 15 is 0 Å². The number of para-hydroxylation sites is 1. The van der Waals surface area contributed by atoms with Crippen LogP contribution >= 0.6 is 11.6 Å². The Morgan fingerprint density at radius 1 is 1.38 bits per heavy atom. The SMILES string of the molecule is CCOCc1nc2c(Cl)nc3ccccc3c2n1CCNC(=O)O. The highest BCUT2D eigenvalue weighted by Crippen LogP contribution is 2.30. The standard InChI is InChI=1S/C16H17ClN4O3/c1-2-24-9-12-20-13-14(21(12)8-7-18-16(22)23)10-5-3-4-6-11(10)19-15(13)17/h3-6,18H,2,7-9H2,1H3,(H,22,23). The second-order valence-electron chi connectivity index (χ2n) is 5.17. The largest absolute Gasteiger partial charge is 0.465 e. The molecule has 0 radical (unpaired) electrons. The lowest BCUT2D eigenvalue weighted by Gasteiger charge is -2.10. The van der Waals surface area contributed by atoms with Gasteiger partial charge in [-0.25, -0.2) is 14.8 Å². The number of benzene rings is 1. The zero-order chi connectivity index (χ0) is 17.1. The first-order valence-electron chi connectivity index (χ1n) is 7.59. The number of hydrogen-bond donors (Lipinski definition) is 2. The van der Waals surface area contributed by atoms with Gasteiger partial charge in [0.1, 0.15) is 17.9 Å². The number of nitrogens with one attached hydrogen (secondary N) is 1. The molecule has 3 rings (SSSR count). The average Bonchev–Trinajstić information content (AvgIpc) is 2.92. The minimum absolute atomic E-state index is 0.258. The molecule has 0 spiro atoms. The number of pyridine rings is 1. The highest BCUT2D eigenvalue weighted by atomic mass is 35.5. The molecule has 7 nitrogen and oxygen atoms in total. The lowest BCUT2D eigenvalue weighted by Crippen LogP contribution is -2.25. The number of aromatic nitrogens is 3. The fraction of sp³-hybridized carbons (Fsp3) is 0.312. The molecule has 0 saturated heterocycles. The lowest BCUT2D eigenvalue weighted by molar-refractivity contribution is 0.126. The molecule has 0 aliphatic rings. The summed E-state index contributed by atoms with van der Waals surface area (Å²) in [5, 5.41) is 12.4. The van der Waals surface area contributed by atoms with Gasteiger partial charge < -0.3 is 19.7 Å². The molecule has 1 aromatic carbocycles. The van der Waals surface area contributed by atoms with Crippen LogP contribution in [0.15, 0.2) is 24.3 Å². The maximum Gasteiger partial charge on any atom is 0.404 e. The third kappa shape index (κ3) is 3.13. The number of carbonyl (C=O) groups is 1. The molecule has 24 heavy (non-hydrogen) atoms. The van der Waals surface area contributed by atoms with E-state index in [4.69, 9.17) is 21.4 Å². The van der Waals surface area contributed by atoms with E-state index < -0.39 is 6.09 Å². The van der Waals surface area contributed by atoms with Crippen LogP contribution in [-0.4, -0.2) is 38.9 Å². The zero-order valence-corrected chi connectivity index (χ0v) is 13.9. The molecule has 0 unspecified atom stereocenters. The van der Waals surface area contributed by atoms with Gasteiger partial charge in [-0.15, -0.1) is 0 Å². The molecule has 8 heteroatoms. The maximum absolute atomic E-state index is 10.7. The summed E-state index contributed by atoms with van der Waals surface area (Å²) < 4.78 is 7.43. The first kappa shape index (κ1) is 16.5. The summed E-state index contributed by atoms with van der Waals surface area (Å²) in [6, 6.07) is 7.65. The van der Waals surface area contributed by atoms with Crippen molar-refractivity contribution in [2.45, 2.75) is 20.1 Å². The highest BCUT2D eigenvalue weighted by molar-refractivity contribution is 6.35. The topological polar surface area (TPSA) is 89.3 Å². The van der Waals surface area contributed by atoms with Crippen LogP contribution in [0.1, 0.15) is 12.7 Å². The summed E-state index contributed by atoms with van der Waals surface area (Å²) in [5.41, 5.74) is 2.21. The minimum atomic E-state index is -1.06. The molecule has 1 amide bonds. The van der Waals surface area contributed by atoms with Crippen LogP contribution in [0, 0.1) is 0 Å². The third-order valence-corrected chi connectivity index (χ3v) is 3.93. The molecular weight excluding hydrogens is 332 g/mol. The van der Waals surface area contributed by atoms with Gasteiger partial charge in [-0.2, -0.15) is 0 Å². The van der Waals surface area contributed by atoms with Crippen molar-refractivity contribution >= 4 is 39.6 Å². The summed E-state index contributed by atoms with van der Waals surface area (Å²) >= 11 is 6.30. The van der Waals surface area contributed by atoms with Gasteiger partial charge in [-0.1, -0.05) is 29.8 Å². The molecule has 0 aliphatic heterocycles. The molecule has 0 fully saturated rings. The Morgan fingerprint density at radius 3 is 2.92 bits per heavy atom. The number of rotatable bonds is 6. The number of ether oxygens (including phenoxy) is 1. The number of halogens is 1. The van der Waals surface area contributed by atoms with E-state index in [-0.39, 0.29) is 6.54 Å². The second-order valence-corrected chi connectivity index (χ2v) is 5.52. The van der Waals surface area contributed by atoms with E-state index in [1.807, 2.05) is 35.8 Å². The predicted molar refractivity (Wildman–Crippen MR) is 91.4 cm³/mol. The molecule has 2 heterocycles. The smallest absolute Gasteiger partial charge is 0.404 e. The molecule has 0 atom stereocenters. The van der Waals surface area contributed by atoms with Crippen LogP contribution in [-0.2, 0) is 17.9 Å². The Morgan fingerprint density at radius 2 is 2.17 bits per heavy atom. The van der Waals surface area contributed by atoms with Gasteiger partial charge in [-0.05, 0) is 13.0 Å². The number of imidazole rings is 1. The van der Waals surface area contributed by atoms with Crippen molar-refractivity contribution in [1.82, 2.24) is 19.9 Å². The van der Waals surface area contributed by atoms with Crippen molar-refractivity contribution < 1.29 is 14.6 Å². The summed E-state index contributed by atoms with van der Waals surface area (Å²) in [6.45, 7) is 3.47. The van der Waals surface area contributed by atoms with Crippen molar-refractivity contribution in [1.29, 1.82) is 0 Å². The lowest BCUT2D eigenvalue weighted by atomic mass is 10.2. The van der Waals surface area contributed by atoms with Crippen molar-refractivity contribution in [2.75, 3.05) is 13.2 Å². The van der Waals surface area contributed by atoms with Gasteiger partial charge in [-0.3, -0.25) is 0 Å². The van der Waals surface area contributed by atoms with E-state index in [2.05, 4.69) is 15.3 Å². The molecule has 3 aromatic rings. The number of amides is 1. The van der Waals surface area contributed by atoms with Crippen molar-refractivity contribution in [3.05, 3.63) is 35.2 Å². The number of fused-ring (bicyclic) bond motifs is 3. The van der Waals surface area contributed by atoms with Crippen LogP contribution in [0.3, 0.4) is 0 Å². The van der Waals surface area contributed by atoms with Gasteiger partial charge >= 0.3 is 6.09 Å². The van der Waals surface area contributed by atoms with E-state index in [1.165, 1.54) is 0 Å². The van der Waals surface area contributed by atoms with E-state index in [0.717, 1.165) is 16.4 Å². The Kier molecular flexibility index (Phi) is 4.82. The van der Waals surface area contributed by atoms with Crippen molar-refractivity contribution in [2.24, 2.45) is 0 Å². The number of hydrogen-bond acceptors (Lipinski definition) is 4. The normalized spacial score (nSPS) is 11.2. The summed E-state index contributed by atoms with van der Waals surface area (Å²) in [5.74, 6) is 0.694. The van der Waals surface area contributed by atoms with Gasteiger partial charge in [0.05, 0.1) is 11.0 Å². The molecular formula is C16H17ClN4O3. The van der Waals surface area contributed by atoms with E-state index in [1.54, 1.807) is 0 Å². The van der Waals surface area contributed by atoms with E-state index in [0.29, 0.717) is 36.3 Å². The number of carboxylic acid groups (broad SMARTS) is 1. The second kappa shape index (κ2) is 7.02. The predicted octanol–water partition coefficient (Wildman–Crippen LogP) is 3.04. The van der Waals surface area contributed by atoms with E-state index in [9.17, 15) is 4.79 Å². The summed E-state index contributed by atoms with van der Waals surface area (Å²) in [6.07, 6.45) is -1.06. The quantitative estimate of drug-likeness (QED) is 0.668. The van der Waals surface area contributed by atoms with Crippen LogP contribution in [0.2, 0.25) is 5.15 Å². The molecule has 0 bridgehead atoms. The Balaban J connectivity index is 2.16. The van der Waals surface area contributed by atoms with Gasteiger partial charge in [0.2, 0.25) is 0 Å². The minimum Gasteiger partial charge on any atom is -0.465 e. The first-order chi connectivity index (χ1) is 11.6. The van der Waals surface area contributed by atoms with Gasteiger partial charge in [0.25, 0.3) is 0 Å². The number of nitrogens with zero attached hydrogens (tertiary/aromatic N) is 3. The van der Waals surface area contributed by atoms with Gasteiger partial charge in [0, 0.05) is 25.1 Å². The van der Waals surface area contributed by atoms with Crippen molar-refractivity contribution in [3.63, 3.8) is 0 Å². The van der Waals surface area contributed by atoms with Crippen LogP contribution in [0.4, 0.5) is 4.79 Å². The third-order valence-electron chi connectivity index (χ3n) is 3.67. The molecule has 126 valence electrons. The fourth-order valence-corrected chi connectivity index (χ4v) is 2.89. The fourth-order valence-electron chi connectivity index (χ4n) is 2.67. The average molecular weight is 349 g/mol. The Hall–Kier alpha value is -2.38. The van der Waals surface area contributed by atoms with Crippen LogP contribution < -0.4 is 5.32 Å². The molecule has 0 aliphatic carbocycles. The molecule has 2 N–H and O–H groups in total. The Labute approximate surface area is 143 Å². The molecule has 2 aromatic heterocycles. The Bertz CT molecular complexity index is 894. The zero-order valence-electron chi connectivity index (χ0n) is 13.1. The summed E-state index contributed by atoms with van der Waals surface area (Å²) in [7, 11) is 0. The van der Waals surface area contributed by atoms with Crippen LogP contribution in [0.25, 0.3) is 21.9 Å². The maximum atomic E-state index is 10.7. The highest BCUT2D eigenvalue weighted by Gasteiger charge is 2.17. The monoisotopic (exact) mass is 348 g/mol.